The molecular weight excluding hydrogens is 402 g/mol. The van der Waals surface area contributed by atoms with Crippen molar-refractivity contribution in [3.8, 4) is 5.75 Å². The highest BCUT2D eigenvalue weighted by molar-refractivity contribution is 7.92. The van der Waals surface area contributed by atoms with Gasteiger partial charge in [-0.25, -0.2) is 8.42 Å². The van der Waals surface area contributed by atoms with E-state index in [2.05, 4.69) is 15.4 Å². The van der Waals surface area contributed by atoms with Crippen LogP contribution in [-0.2, 0) is 27.7 Å². The Morgan fingerprint density at radius 3 is 2.57 bits per heavy atom. The van der Waals surface area contributed by atoms with Gasteiger partial charge in [-0.3, -0.25) is 9.52 Å². The summed E-state index contributed by atoms with van der Waals surface area (Å²) in [7, 11) is -3.24. The van der Waals surface area contributed by atoms with Crippen molar-refractivity contribution in [1.82, 2.24) is 5.32 Å². The molecule has 0 radical (unpaired) electrons. The number of amides is 1. The predicted octanol–water partition coefficient (Wildman–Crippen LogP) is 2.85. The molecule has 0 fully saturated rings. The van der Waals surface area contributed by atoms with Gasteiger partial charge in [-0.2, -0.15) is 0 Å². The Balaban J connectivity index is 1.36. The molecule has 30 heavy (non-hydrogen) atoms. The largest absolute Gasteiger partial charge is 0.492 e. The number of carbonyl (C=O) groups is 1. The first-order chi connectivity index (χ1) is 14.3. The van der Waals surface area contributed by atoms with E-state index in [0.29, 0.717) is 25.1 Å². The van der Waals surface area contributed by atoms with Crippen LogP contribution in [0.5, 0.6) is 5.75 Å². The van der Waals surface area contributed by atoms with E-state index in [1.165, 1.54) is 5.56 Å². The maximum Gasteiger partial charge on any atom is 0.229 e. The highest BCUT2D eigenvalue weighted by Crippen LogP contribution is 2.33. The minimum atomic E-state index is -3.24. The van der Waals surface area contributed by atoms with Crippen LogP contribution in [0, 0.1) is 6.92 Å². The lowest BCUT2D eigenvalue weighted by Crippen LogP contribution is -2.24. The molecule has 162 valence electrons. The van der Waals surface area contributed by atoms with Crippen LogP contribution in [0.25, 0.3) is 0 Å². The van der Waals surface area contributed by atoms with Crippen molar-refractivity contribution in [3.63, 3.8) is 0 Å². The molecule has 3 rings (SSSR count). The van der Waals surface area contributed by atoms with Crippen LogP contribution in [0.3, 0.4) is 0 Å². The third kappa shape index (κ3) is 6.47. The highest BCUT2D eigenvalue weighted by atomic mass is 32.2. The Kier molecular flexibility index (Phi) is 7.33. The second-order valence-corrected chi connectivity index (χ2v) is 9.30. The first-order valence-corrected chi connectivity index (χ1v) is 12.0. The number of rotatable bonds is 10. The van der Waals surface area contributed by atoms with Crippen molar-refractivity contribution in [2.75, 3.05) is 36.0 Å². The Labute approximate surface area is 178 Å². The normalized spacial score (nSPS) is 13.5. The molecule has 1 heterocycles. The zero-order valence-electron chi connectivity index (χ0n) is 17.5. The van der Waals surface area contributed by atoms with Gasteiger partial charge in [-0.05, 0) is 62.1 Å². The monoisotopic (exact) mass is 431 g/mol. The van der Waals surface area contributed by atoms with Crippen LogP contribution in [0.4, 0.5) is 11.4 Å². The molecule has 0 unspecified atom stereocenters. The Morgan fingerprint density at radius 2 is 1.83 bits per heavy atom. The van der Waals surface area contributed by atoms with E-state index >= 15 is 0 Å². The van der Waals surface area contributed by atoms with Crippen LogP contribution in [0.2, 0.25) is 0 Å². The number of fused-ring (bicyclic) bond motifs is 1. The molecule has 2 aromatic carbocycles. The molecule has 7 nitrogen and oxygen atoms in total. The number of carbonyl (C=O) groups excluding carboxylic acids is 1. The molecule has 1 aliphatic rings. The number of hydrogen-bond acceptors (Lipinski definition) is 5. The molecule has 0 bridgehead atoms. The predicted molar refractivity (Wildman–Crippen MR) is 120 cm³/mol. The fourth-order valence-electron chi connectivity index (χ4n) is 3.47. The van der Waals surface area contributed by atoms with E-state index in [4.69, 9.17) is 4.74 Å². The summed E-state index contributed by atoms with van der Waals surface area (Å²) in [5.74, 6) is 0.908. The molecule has 3 N–H and O–H groups in total. The van der Waals surface area contributed by atoms with Gasteiger partial charge < -0.3 is 15.4 Å². The quantitative estimate of drug-likeness (QED) is 0.503. The van der Waals surface area contributed by atoms with E-state index in [1.54, 1.807) is 12.1 Å². The number of hydrogen-bond donors (Lipinski definition) is 3. The van der Waals surface area contributed by atoms with Gasteiger partial charge in [0.05, 0.1) is 11.9 Å². The SMILES string of the molecule is Cc1ccc(OCCNCCCc2ccc(NS(C)(=O)=O)cc2)c2c1NC(=O)CC2. The number of sulfonamides is 1. The maximum atomic E-state index is 11.6. The number of nitrogens with one attached hydrogen (secondary N) is 3. The van der Waals surface area contributed by atoms with Crippen molar-refractivity contribution in [2.24, 2.45) is 0 Å². The third-order valence-electron chi connectivity index (χ3n) is 4.96. The molecule has 0 aromatic heterocycles. The summed E-state index contributed by atoms with van der Waals surface area (Å²) in [4.78, 5) is 11.6. The summed E-state index contributed by atoms with van der Waals surface area (Å²) in [6.45, 7) is 4.17. The first-order valence-electron chi connectivity index (χ1n) is 10.1. The summed E-state index contributed by atoms with van der Waals surface area (Å²) in [6.07, 6.45) is 4.24. The Bertz CT molecular complexity index is 988. The summed E-state index contributed by atoms with van der Waals surface area (Å²) in [5.41, 5.74) is 4.79. The van der Waals surface area contributed by atoms with Crippen molar-refractivity contribution >= 4 is 27.3 Å². The second-order valence-electron chi connectivity index (χ2n) is 7.56. The minimum Gasteiger partial charge on any atom is -0.492 e. The number of benzene rings is 2. The Hall–Kier alpha value is -2.58. The van der Waals surface area contributed by atoms with Crippen molar-refractivity contribution in [1.29, 1.82) is 0 Å². The summed E-state index contributed by atoms with van der Waals surface area (Å²) in [5, 5.41) is 6.33. The summed E-state index contributed by atoms with van der Waals surface area (Å²) < 4.78 is 30.9. The van der Waals surface area contributed by atoms with Crippen LogP contribution in [0.15, 0.2) is 36.4 Å². The zero-order valence-corrected chi connectivity index (χ0v) is 18.3. The average Bonchev–Trinajstić information content (AvgIpc) is 2.69. The molecule has 0 aliphatic carbocycles. The lowest BCUT2D eigenvalue weighted by Gasteiger charge is -2.22. The maximum absolute atomic E-state index is 11.6. The number of anilines is 2. The van der Waals surface area contributed by atoms with Crippen molar-refractivity contribution < 1.29 is 17.9 Å². The topological polar surface area (TPSA) is 96.5 Å². The van der Waals surface area contributed by atoms with Gasteiger partial charge in [0.1, 0.15) is 12.4 Å². The molecule has 0 saturated heterocycles. The average molecular weight is 432 g/mol. The van der Waals surface area contributed by atoms with E-state index in [9.17, 15) is 13.2 Å². The van der Waals surface area contributed by atoms with Crippen LogP contribution >= 0.6 is 0 Å². The lowest BCUT2D eigenvalue weighted by molar-refractivity contribution is -0.116. The van der Waals surface area contributed by atoms with E-state index in [0.717, 1.165) is 54.8 Å². The molecule has 8 heteroatoms. The molecule has 0 spiro atoms. The lowest BCUT2D eigenvalue weighted by atomic mass is 9.98. The van der Waals surface area contributed by atoms with E-state index < -0.39 is 10.0 Å². The van der Waals surface area contributed by atoms with Gasteiger partial charge >= 0.3 is 0 Å². The fraction of sp³-hybridized carbons (Fsp3) is 0.409. The molecular formula is C22H29N3O4S. The van der Waals surface area contributed by atoms with Crippen LogP contribution < -0.4 is 20.1 Å². The second kappa shape index (κ2) is 9.95. The van der Waals surface area contributed by atoms with E-state index in [-0.39, 0.29) is 5.91 Å². The van der Waals surface area contributed by atoms with Gasteiger partial charge in [0, 0.05) is 24.2 Å². The third-order valence-corrected chi connectivity index (χ3v) is 5.56. The van der Waals surface area contributed by atoms with Gasteiger partial charge in [-0.1, -0.05) is 18.2 Å². The smallest absolute Gasteiger partial charge is 0.229 e. The molecule has 0 saturated carbocycles. The zero-order chi connectivity index (χ0) is 21.6. The molecule has 1 aliphatic heterocycles. The molecule has 2 aromatic rings. The minimum absolute atomic E-state index is 0.0608. The standard InChI is InChI=1S/C22H29N3O4S/c1-16-5-11-20(19-10-12-21(26)24-22(16)19)29-15-14-23-13-3-4-17-6-8-18(9-7-17)25-30(2,27)28/h5-9,11,23,25H,3-4,10,12-15H2,1-2H3,(H,24,26). The fourth-order valence-corrected chi connectivity index (χ4v) is 4.04. The van der Waals surface area contributed by atoms with Gasteiger partial charge in [0.25, 0.3) is 0 Å². The highest BCUT2D eigenvalue weighted by Gasteiger charge is 2.20. The number of ether oxygens (including phenoxy) is 1. The first kappa shape index (κ1) is 22.1. The Morgan fingerprint density at radius 1 is 1.07 bits per heavy atom. The number of aryl methyl sites for hydroxylation is 2. The van der Waals surface area contributed by atoms with Crippen molar-refractivity contribution in [3.05, 3.63) is 53.1 Å². The van der Waals surface area contributed by atoms with Gasteiger partial charge in [-0.15, -0.1) is 0 Å². The van der Waals surface area contributed by atoms with Crippen LogP contribution in [0.1, 0.15) is 29.5 Å². The molecule has 1 amide bonds. The van der Waals surface area contributed by atoms with Gasteiger partial charge in [0.15, 0.2) is 0 Å². The van der Waals surface area contributed by atoms with E-state index in [1.807, 2.05) is 31.2 Å². The van der Waals surface area contributed by atoms with Crippen LogP contribution in [-0.4, -0.2) is 40.3 Å². The molecule has 0 atom stereocenters. The summed E-state index contributed by atoms with van der Waals surface area (Å²) in [6, 6.07) is 11.4. The summed E-state index contributed by atoms with van der Waals surface area (Å²) >= 11 is 0. The van der Waals surface area contributed by atoms with Gasteiger partial charge in [0.2, 0.25) is 15.9 Å². The van der Waals surface area contributed by atoms with Crippen molar-refractivity contribution in [2.45, 2.75) is 32.6 Å².